The number of nitrogens with zero attached hydrogens (tertiary/aromatic N) is 1. The zero-order valence-electron chi connectivity index (χ0n) is 8.65. The quantitative estimate of drug-likeness (QED) is 0.326. The second-order valence-electron chi connectivity index (χ2n) is 2.94. The highest BCUT2D eigenvalue weighted by Gasteiger charge is 2.14. The maximum atomic E-state index is 11.8. The van der Waals surface area contributed by atoms with Gasteiger partial charge in [-0.2, -0.15) is 5.26 Å². The molecule has 0 aliphatic heterocycles. The lowest BCUT2D eigenvalue weighted by atomic mass is 10.0. The summed E-state index contributed by atoms with van der Waals surface area (Å²) in [4.78, 5) is 11.8. The fourth-order valence-corrected chi connectivity index (χ4v) is 1.13. The Morgan fingerprint density at radius 1 is 1.33 bits per heavy atom. The zero-order valence-corrected chi connectivity index (χ0v) is 8.65. The van der Waals surface area contributed by atoms with Crippen LogP contribution in [0.4, 0.5) is 0 Å². The molecule has 0 aliphatic rings. The SMILES string of the molecule is COC(C)=C(C#N)C(=O)c1ccccc1. The van der Waals surface area contributed by atoms with Crippen molar-refractivity contribution in [2.24, 2.45) is 0 Å². The molecule has 0 aliphatic carbocycles. The summed E-state index contributed by atoms with van der Waals surface area (Å²) in [5.74, 6) is 0.0313. The van der Waals surface area contributed by atoms with Crippen LogP contribution in [0.1, 0.15) is 17.3 Å². The van der Waals surface area contributed by atoms with Gasteiger partial charge < -0.3 is 4.74 Å². The van der Waals surface area contributed by atoms with Gasteiger partial charge in [0.05, 0.1) is 7.11 Å². The number of allylic oxidation sites excluding steroid dienone is 2. The molecule has 0 spiro atoms. The molecular weight excluding hydrogens is 190 g/mol. The number of ether oxygens (including phenoxy) is 1. The van der Waals surface area contributed by atoms with Crippen LogP contribution in [0.25, 0.3) is 0 Å². The second kappa shape index (κ2) is 4.97. The van der Waals surface area contributed by atoms with Gasteiger partial charge >= 0.3 is 0 Å². The number of carbonyl (C=O) groups excluding carboxylic acids is 1. The summed E-state index contributed by atoms with van der Waals surface area (Å²) < 4.78 is 4.88. The van der Waals surface area contributed by atoms with Gasteiger partial charge in [0.2, 0.25) is 5.78 Å². The minimum absolute atomic E-state index is 0.0451. The summed E-state index contributed by atoms with van der Waals surface area (Å²) in [5, 5.41) is 8.85. The molecule has 0 fully saturated rings. The summed E-state index contributed by atoms with van der Waals surface area (Å²) in [6.07, 6.45) is 0. The average molecular weight is 201 g/mol. The van der Waals surface area contributed by atoms with Crippen LogP contribution in [0, 0.1) is 11.3 Å². The van der Waals surface area contributed by atoms with Gasteiger partial charge in [-0.25, -0.2) is 0 Å². The summed E-state index contributed by atoms with van der Waals surface area (Å²) >= 11 is 0. The molecule has 0 N–H and O–H groups in total. The first-order valence-corrected chi connectivity index (χ1v) is 4.45. The molecule has 0 unspecified atom stereocenters. The Hall–Kier alpha value is -2.08. The molecule has 1 aromatic carbocycles. The summed E-state index contributed by atoms with van der Waals surface area (Å²) in [5.41, 5.74) is 0.536. The predicted molar refractivity (Wildman–Crippen MR) is 56.1 cm³/mol. The first kappa shape index (κ1) is 11.0. The molecule has 0 bridgehead atoms. The summed E-state index contributed by atoms with van der Waals surface area (Å²) in [6, 6.07) is 10.5. The van der Waals surface area contributed by atoms with E-state index in [0.717, 1.165) is 0 Å². The number of ketones is 1. The fraction of sp³-hybridized carbons (Fsp3) is 0.167. The van der Waals surface area contributed by atoms with Gasteiger partial charge in [0, 0.05) is 5.56 Å². The van der Waals surface area contributed by atoms with E-state index in [1.807, 2.05) is 12.1 Å². The minimum Gasteiger partial charge on any atom is -0.500 e. The van der Waals surface area contributed by atoms with Crippen molar-refractivity contribution in [3.05, 3.63) is 47.2 Å². The number of carbonyl (C=O) groups is 1. The van der Waals surface area contributed by atoms with Gasteiger partial charge in [0.15, 0.2) is 0 Å². The highest BCUT2D eigenvalue weighted by atomic mass is 16.5. The van der Waals surface area contributed by atoms with E-state index in [1.165, 1.54) is 7.11 Å². The molecule has 1 aromatic rings. The van der Waals surface area contributed by atoms with Crippen LogP contribution in [0.15, 0.2) is 41.7 Å². The molecule has 0 radical (unpaired) electrons. The van der Waals surface area contributed by atoms with Crippen molar-refractivity contribution in [1.82, 2.24) is 0 Å². The van der Waals surface area contributed by atoms with Gasteiger partial charge in [-0.3, -0.25) is 4.79 Å². The maximum Gasteiger partial charge on any atom is 0.206 e. The molecule has 76 valence electrons. The lowest BCUT2D eigenvalue weighted by molar-refractivity contribution is 0.103. The largest absolute Gasteiger partial charge is 0.500 e. The van der Waals surface area contributed by atoms with Crippen LogP contribution >= 0.6 is 0 Å². The molecule has 0 saturated heterocycles. The third-order valence-electron chi connectivity index (χ3n) is 2.03. The first-order valence-electron chi connectivity index (χ1n) is 4.45. The van der Waals surface area contributed by atoms with Gasteiger partial charge in [-0.1, -0.05) is 30.3 Å². The number of methoxy groups -OCH3 is 1. The van der Waals surface area contributed by atoms with Crippen LogP contribution in [-0.2, 0) is 4.74 Å². The molecule has 0 aromatic heterocycles. The standard InChI is InChI=1S/C12H11NO2/c1-9(15-2)11(8-13)12(14)10-6-4-3-5-7-10/h3-7H,1-2H3. The number of Topliss-reactive ketones (excluding diaryl/α,β-unsaturated/α-hetero) is 1. The predicted octanol–water partition coefficient (Wildman–Crippen LogP) is 2.31. The van der Waals surface area contributed by atoms with Crippen LogP contribution in [0.3, 0.4) is 0 Å². The van der Waals surface area contributed by atoms with E-state index in [9.17, 15) is 4.79 Å². The number of benzene rings is 1. The third-order valence-corrected chi connectivity index (χ3v) is 2.03. The van der Waals surface area contributed by atoms with E-state index >= 15 is 0 Å². The van der Waals surface area contributed by atoms with Gasteiger partial charge in [-0.05, 0) is 6.92 Å². The minimum atomic E-state index is -0.308. The van der Waals surface area contributed by atoms with E-state index < -0.39 is 0 Å². The van der Waals surface area contributed by atoms with Gasteiger partial charge in [0.25, 0.3) is 0 Å². The lowest BCUT2D eigenvalue weighted by Crippen LogP contribution is -2.04. The zero-order chi connectivity index (χ0) is 11.3. The van der Waals surface area contributed by atoms with Crippen LogP contribution < -0.4 is 0 Å². The smallest absolute Gasteiger partial charge is 0.206 e. The van der Waals surface area contributed by atoms with E-state index in [0.29, 0.717) is 11.3 Å². The monoisotopic (exact) mass is 201 g/mol. The van der Waals surface area contributed by atoms with Crippen LogP contribution in [-0.4, -0.2) is 12.9 Å². The lowest BCUT2D eigenvalue weighted by Gasteiger charge is -2.03. The van der Waals surface area contributed by atoms with Crippen LogP contribution in [0.2, 0.25) is 0 Å². The van der Waals surface area contributed by atoms with Gasteiger partial charge in [0.1, 0.15) is 17.4 Å². The second-order valence-corrected chi connectivity index (χ2v) is 2.94. The Balaban J connectivity index is 3.11. The number of hydrogen-bond donors (Lipinski definition) is 0. The number of nitriles is 1. The summed E-state index contributed by atoms with van der Waals surface area (Å²) in [6.45, 7) is 1.60. The number of rotatable bonds is 3. The Bertz CT molecular complexity index is 427. The van der Waals surface area contributed by atoms with Crippen molar-refractivity contribution in [1.29, 1.82) is 5.26 Å². The highest BCUT2D eigenvalue weighted by Crippen LogP contribution is 2.11. The molecule has 3 nitrogen and oxygen atoms in total. The van der Waals surface area contributed by atoms with E-state index in [4.69, 9.17) is 10.00 Å². The van der Waals surface area contributed by atoms with Crippen molar-refractivity contribution in [3.63, 3.8) is 0 Å². The Morgan fingerprint density at radius 2 is 1.93 bits per heavy atom. The average Bonchev–Trinajstić information content (AvgIpc) is 2.30. The normalized spacial score (nSPS) is 11.3. The highest BCUT2D eigenvalue weighted by molar-refractivity contribution is 6.11. The molecule has 1 rings (SSSR count). The third kappa shape index (κ3) is 2.44. The van der Waals surface area contributed by atoms with E-state index in [-0.39, 0.29) is 11.4 Å². The van der Waals surface area contributed by atoms with E-state index in [2.05, 4.69) is 0 Å². The van der Waals surface area contributed by atoms with Crippen molar-refractivity contribution >= 4 is 5.78 Å². The fourth-order valence-electron chi connectivity index (χ4n) is 1.13. The topological polar surface area (TPSA) is 50.1 Å². The maximum absolute atomic E-state index is 11.8. The van der Waals surface area contributed by atoms with Gasteiger partial charge in [-0.15, -0.1) is 0 Å². The van der Waals surface area contributed by atoms with Crippen molar-refractivity contribution < 1.29 is 9.53 Å². The first-order chi connectivity index (χ1) is 7.20. The Labute approximate surface area is 88.6 Å². The molecule has 3 heteroatoms. The molecule has 0 atom stereocenters. The molecule has 0 saturated carbocycles. The van der Waals surface area contributed by atoms with Crippen molar-refractivity contribution in [3.8, 4) is 6.07 Å². The summed E-state index contributed by atoms with van der Waals surface area (Å²) in [7, 11) is 1.44. The van der Waals surface area contributed by atoms with Crippen molar-refractivity contribution in [2.75, 3.05) is 7.11 Å². The Kier molecular flexibility index (Phi) is 3.64. The van der Waals surface area contributed by atoms with E-state index in [1.54, 1.807) is 31.2 Å². The molecular formula is C12H11NO2. The molecule has 0 amide bonds. The van der Waals surface area contributed by atoms with Crippen LogP contribution in [0.5, 0.6) is 0 Å². The Morgan fingerprint density at radius 3 is 2.40 bits per heavy atom. The van der Waals surface area contributed by atoms with Crippen molar-refractivity contribution in [2.45, 2.75) is 6.92 Å². The molecule has 15 heavy (non-hydrogen) atoms. The number of hydrogen-bond acceptors (Lipinski definition) is 3. The molecule has 0 heterocycles.